The molecular formula is C30H21Br2NO9. The number of carboxylic acids is 1. The third-order valence-electron chi connectivity index (χ3n) is 8.40. The monoisotopic (exact) mass is 697 g/mol. The van der Waals surface area contributed by atoms with Crippen molar-refractivity contribution in [2.45, 2.75) is 18.8 Å². The van der Waals surface area contributed by atoms with E-state index in [4.69, 9.17) is 4.74 Å². The fourth-order valence-electron chi connectivity index (χ4n) is 6.63. The second kappa shape index (κ2) is 10.1. The summed E-state index contributed by atoms with van der Waals surface area (Å²) in [6, 6.07) is 6.66. The number of aromatic carboxylic acids is 1. The van der Waals surface area contributed by atoms with Crippen LogP contribution in [0.2, 0.25) is 0 Å². The molecule has 1 saturated heterocycles. The van der Waals surface area contributed by atoms with Crippen molar-refractivity contribution in [3.05, 3.63) is 79.3 Å². The Balaban J connectivity index is 1.49. The van der Waals surface area contributed by atoms with E-state index in [1.807, 2.05) is 0 Å². The fraction of sp³-hybridized carbons (Fsp3) is 0.233. The number of imide groups is 1. The fourth-order valence-corrected chi connectivity index (χ4v) is 7.53. The summed E-state index contributed by atoms with van der Waals surface area (Å²) in [7, 11) is 1.39. The number of Topliss-reactive ketones (excluding diaryl/α,β-unsaturated/α-hetero) is 1. The molecule has 10 nitrogen and oxygen atoms in total. The van der Waals surface area contributed by atoms with Crippen molar-refractivity contribution in [1.82, 2.24) is 0 Å². The molecule has 0 aromatic heterocycles. The van der Waals surface area contributed by atoms with Crippen molar-refractivity contribution in [2.24, 2.45) is 17.8 Å². The number of carbonyl (C=O) groups is 5. The first-order valence-corrected chi connectivity index (χ1v) is 14.4. The highest BCUT2D eigenvalue weighted by Gasteiger charge is 2.57. The van der Waals surface area contributed by atoms with Crippen LogP contribution in [0.15, 0.2) is 68.2 Å². The summed E-state index contributed by atoms with van der Waals surface area (Å²) >= 11 is 6.60. The molecule has 6 rings (SSSR count). The minimum atomic E-state index is -1.36. The van der Waals surface area contributed by atoms with E-state index < -0.39 is 58.8 Å². The summed E-state index contributed by atoms with van der Waals surface area (Å²) in [5, 5.41) is 30.7. The largest absolute Gasteiger partial charge is 0.507 e. The van der Waals surface area contributed by atoms with Crippen molar-refractivity contribution in [2.75, 3.05) is 12.0 Å². The summed E-state index contributed by atoms with van der Waals surface area (Å²) in [5.41, 5.74) is 0.977. The molecule has 0 unspecified atom stereocenters. The predicted octanol–water partition coefficient (Wildman–Crippen LogP) is 4.53. The topological polar surface area (TPSA) is 159 Å². The SMILES string of the molecule is COc1cc(Br)cc([C@H]2C3=CC[C@@H]4C(=O)N(c5ccc(C(=O)O)c(O)c5)C(=O)[C@@H]4[C@@H]3CC3=C2C(=O)C=C(Br)C3=O)c1O. The van der Waals surface area contributed by atoms with Gasteiger partial charge in [0.05, 0.1) is 29.1 Å². The quantitative estimate of drug-likeness (QED) is 0.237. The third kappa shape index (κ3) is 4.07. The Labute approximate surface area is 255 Å². The minimum absolute atomic E-state index is 0.0221. The highest BCUT2D eigenvalue weighted by Crippen LogP contribution is 2.57. The van der Waals surface area contributed by atoms with Gasteiger partial charge in [-0.2, -0.15) is 0 Å². The number of ether oxygens (including phenoxy) is 1. The van der Waals surface area contributed by atoms with Gasteiger partial charge < -0.3 is 20.1 Å². The number of amides is 2. The number of nitrogens with zero attached hydrogens (tertiary/aromatic N) is 1. The van der Waals surface area contributed by atoms with Crippen LogP contribution in [0.1, 0.15) is 34.7 Å². The molecule has 0 saturated carbocycles. The molecule has 0 bridgehead atoms. The van der Waals surface area contributed by atoms with E-state index in [0.29, 0.717) is 15.6 Å². The average Bonchev–Trinajstić information content (AvgIpc) is 3.21. The molecule has 1 heterocycles. The zero-order valence-corrected chi connectivity index (χ0v) is 24.9. The number of hydrogen-bond acceptors (Lipinski definition) is 8. The molecular weight excluding hydrogens is 678 g/mol. The molecule has 1 aliphatic heterocycles. The normalized spacial score (nSPS) is 25.1. The van der Waals surface area contributed by atoms with Crippen molar-refractivity contribution < 1.29 is 44.0 Å². The van der Waals surface area contributed by atoms with Crippen molar-refractivity contribution >= 4 is 66.9 Å². The number of benzene rings is 2. The molecule has 2 amide bonds. The average molecular weight is 699 g/mol. The highest BCUT2D eigenvalue weighted by molar-refractivity contribution is 9.12. The molecule has 4 aliphatic rings. The Morgan fingerprint density at radius 2 is 1.76 bits per heavy atom. The smallest absolute Gasteiger partial charge is 0.339 e. The van der Waals surface area contributed by atoms with Gasteiger partial charge in [0.25, 0.3) is 0 Å². The van der Waals surface area contributed by atoms with Gasteiger partial charge >= 0.3 is 5.97 Å². The first kappa shape index (κ1) is 28.1. The Kier molecular flexibility index (Phi) is 6.73. The van der Waals surface area contributed by atoms with E-state index in [1.54, 1.807) is 18.2 Å². The van der Waals surface area contributed by atoms with Gasteiger partial charge in [-0.05, 0) is 59.0 Å². The van der Waals surface area contributed by atoms with Crippen LogP contribution in [0.3, 0.4) is 0 Å². The van der Waals surface area contributed by atoms with E-state index in [9.17, 15) is 39.3 Å². The van der Waals surface area contributed by atoms with Crippen LogP contribution in [0.25, 0.3) is 0 Å². The standard InChI is InChI=1S/C30H21Br2NO9/c1-42-22-7-11(31)6-17(27(22)37)23-13-4-5-15-24(16(13)9-18-25(23)21(35)10-19(32)26(18)36)29(39)33(28(15)38)12-2-3-14(30(40)41)20(34)8-12/h2-4,6-8,10,15-16,23-24,34,37H,5,9H2,1H3,(H,40,41)/t15-,16+,23+,24-/m0/s1. The first-order chi connectivity index (χ1) is 19.9. The van der Waals surface area contributed by atoms with Gasteiger partial charge in [-0.3, -0.25) is 19.2 Å². The number of halogens is 2. The first-order valence-electron chi connectivity index (χ1n) is 12.8. The van der Waals surface area contributed by atoms with Crippen LogP contribution in [0, 0.1) is 17.8 Å². The van der Waals surface area contributed by atoms with E-state index >= 15 is 0 Å². The van der Waals surface area contributed by atoms with Gasteiger partial charge in [-0.15, -0.1) is 0 Å². The lowest BCUT2D eigenvalue weighted by molar-refractivity contribution is -0.123. The summed E-state index contributed by atoms with van der Waals surface area (Å²) in [5.74, 6) is -7.19. The number of carbonyl (C=O) groups excluding carboxylic acids is 4. The molecule has 0 radical (unpaired) electrons. The van der Waals surface area contributed by atoms with Gasteiger partial charge in [0, 0.05) is 39.2 Å². The zero-order chi connectivity index (χ0) is 30.2. The van der Waals surface area contributed by atoms with Gasteiger partial charge in [-0.1, -0.05) is 27.6 Å². The maximum Gasteiger partial charge on any atom is 0.339 e. The second-order valence-corrected chi connectivity index (χ2v) is 12.2. The van der Waals surface area contributed by atoms with Gasteiger partial charge in [0.2, 0.25) is 11.8 Å². The molecule has 12 heteroatoms. The van der Waals surface area contributed by atoms with Crippen LogP contribution < -0.4 is 9.64 Å². The van der Waals surface area contributed by atoms with Crippen molar-refractivity contribution in [1.29, 1.82) is 0 Å². The molecule has 3 aliphatic carbocycles. The second-order valence-electron chi connectivity index (χ2n) is 10.5. The lowest BCUT2D eigenvalue weighted by Gasteiger charge is -2.42. The number of phenols is 2. The number of ketones is 2. The van der Waals surface area contributed by atoms with Crippen LogP contribution in [-0.4, -0.2) is 51.8 Å². The minimum Gasteiger partial charge on any atom is -0.507 e. The Hall–Kier alpha value is -4.03. The van der Waals surface area contributed by atoms with Crippen molar-refractivity contribution in [3.8, 4) is 17.2 Å². The van der Waals surface area contributed by atoms with E-state index in [-0.39, 0.29) is 51.2 Å². The van der Waals surface area contributed by atoms with Gasteiger partial charge in [0.15, 0.2) is 23.1 Å². The molecule has 0 spiro atoms. The summed E-state index contributed by atoms with van der Waals surface area (Å²) < 4.78 is 5.97. The summed E-state index contributed by atoms with van der Waals surface area (Å²) in [4.78, 5) is 66.7. The Morgan fingerprint density at radius 3 is 2.43 bits per heavy atom. The molecule has 214 valence electrons. The lowest BCUT2D eigenvalue weighted by atomic mass is 9.59. The number of aromatic hydroxyl groups is 2. The molecule has 2 aromatic rings. The number of phenolic OH excluding ortho intramolecular Hbond substituents is 1. The summed E-state index contributed by atoms with van der Waals surface area (Å²) in [6.07, 6.45) is 3.18. The maximum atomic E-state index is 14.0. The Morgan fingerprint density at radius 1 is 1.02 bits per heavy atom. The van der Waals surface area contributed by atoms with Crippen LogP contribution in [0.5, 0.6) is 17.2 Å². The number of carboxylic acid groups (broad SMARTS) is 1. The number of anilines is 1. The molecule has 2 aromatic carbocycles. The van der Waals surface area contributed by atoms with E-state index in [0.717, 1.165) is 17.0 Å². The van der Waals surface area contributed by atoms with E-state index in [1.165, 1.54) is 19.3 Å². The maximum absolute atomic E-state index is 14.0. The number of rotatable bonds is 4. The van der Waals surface area contributed by atoms with Gasteiger partial charge in [-0.25, -0.2) is 9.69 Å². The molecule has 3 N–H and O–H groups in total. The Bertz CT molecular complexity index is 1750. The molecule has 1 fully saturated rings. The number of fused-ring (bicyclic) bond motifs is 3. The van der Waals surface area contributed by atoms with Gasteiger partial charge in [0.1, 0.15) is 11.3 Å². The number of hydrogen-bond donors (Lipinski definition) is 3. The van der Waals surface area contributed by atoms with Crippen LogP contribution in [0.4, 0.5) is 5.69 Å². The molecule has 4 atom stereocenters. The molecule has 42 heavy (non-hydrogen) atoms. The lowest BCUT2D eigenvalue weighted by Crippen LogP contribution is -2.39. The number of methoxy groups -OCH3 is 1. The van der Waals surface area contributed by atoms with E-state index in [2.05, 4.69) is 31.9 Å². The van der Waals surface area contributed by atoms with Crippen molar-refractivity contribution in [3.63, 3.8) is 0 Å². The number of allylic oxidation sites excluding steroid dienone is 6. The van der Waals surface area contributed by atoms with Crippen LogP contribution >= 0.6 is 31.9 Å². The third-order valence-corrected chi connectivity index (χ3v) is 9.45. The predicted molar refractivity (Wildman–Crippen MR) is 154 cm³/mol. The zero-order valence-electron chi connectivity index (χ0n) is 21.8. The van der Waals surface area contributed by atoms with Crippen LogP contribution in [-0.2, 0) is 19.2 Å². The summed E-state index contributed by atoms with van der Waals surface area (Å²) in [6.45, 7) is 0. The highest BCUT2D eigenvalue weighted by atomic mass is 79.9.